The summed E-state index contributed by atoms with van der Waals surface area (Å²) in [6.07, 6.45) is 2.73. The average molecular weight is 369 g/mol. The van der Waals surface area contributed by atoms with Crippen LogP contribution in [0.5, 0.6) is 5.75 Å². The summed E-state index contributed by atoms with van der Waals surface area (Å²) in [6.45, 7) is 8.06. The van der Waals surface area contributed by atoms with Crippen molar-refractivity contribution in [1.82, 2.24) is 4.57 Å². The Morgan fingerprint density at radius 2 is 2.07 bits per heavy atom. The summed E-state index contributed by atoms with van der Waals surface area (Å²) in [5, 5.41) is 10.1. The molecule has 1 atom stereocenters. The zero-order valence-electron chi connectivity index (χ0n) is 15.9. The number of fused-ring (bicyclic) bond motifs is 3. The quantitative estimate of drug-likeness (QED) is 0.661. The van der Waals surface area contributed by atoms with Crippen LogP contribution in [-0.4, -0.2) is 28.5 Å². The van der Waals surface area contributed by atoms with Gasteiger partial charge in [-0.3, -0.25) is 9.59 Å². The van der Waals surface area contributed by atoms with Crippen LogP contribution in [0.4, 0.5) is 0 Å². The maximum Gasteiger partial charge on any atom is 0.343 e. The molecular weight excluding hydrogens is 346 g/mol. The van der Waals surface area contributed by atoms with Crippen LogP contribution >= 0.6 is 0 Å². The SMILES string of the molecule is CCOC(=O)c1cn2c(cc1=O)-c1cc(C=O)c(O)cc1CC2(C)C(C)C. The minimum atomic E-state index is -0.644. The molecule has 0 radical (unpaired) electrons. The van der Waals surface area contributed by atoms with E-state index in [0.29, 0.717) is 24.0 Å². The van der Waals surface area contributed by atoms with Gasteiger partial charge in [0.2, 0.25) is 0 Å². The fourth-order valence-corrected chi connectivity index (χ4v) is 3.61. The molecule has 0 aliphatic carbocycles. The Hall–Kier alpha value is -2.89. The van der Waals surface area contributed by atoms with Crippen LogP contribution in [0.25, 0.3) is 11.3 Å². The standard InChI is InChI=1S/C21H23NO5/c1-5-27-20(26)16-10-22-17(8-19(16)25)15-6-14(11-23)18(24)7-13(15)9-21(22,4)12(2)3/h6-8,10-12,24H,5,9H2,1-4H3. The topological polar surface area (TPSA) is 85.6 Å². The molecule has 1 N–H and O–H groups in total. The van der Waals surface area contributed by atoms with Crippen molar-refractivity contribution in [2.24, 2.45) is 5.92 Å². The lowest BCUT2D eigenvalue weighted by atomic mass is 9.76. The van der Waals surface area contributed by atoms with Crippen molar-refractivity contribution >= 4 is 12.3 Å². The maximum atomic E-state index is 12.6. The van der Waals surface area contributed by atoms with Gasteiger partial charge in [-0.15, -0.1) is 0 Å². The van der Waals surface area contributed by atoms with E-state index in [1.807, 2.05) is 11.5 Å². The molecule has 27 heavy (non-hydrogen) atoms. The molecule has 0 saturated heterocycles. The van der Waals surface area contributed by atoms with Gasteiger partial charge in [0.15, 0.2) is 11.7 Å². The second-order valence-corrected chi connectivity index (χ2v) is 7.40. The summed E-state index contributed by atoms with van der Waals surface area (Å²) in [6, 6.07) is 4.59. The summed E-state index contributed by atoms with van der Waals surface area (Å²) >= 11 is 0. The molecule has 1 aromatic carbocycles. The van der Waals surface area contributed by atoms with E-state index in [0.717, 1.165) is 5.56 Å². The third-order valence-corrected chi connectivity index (χ3v) is 5.54. The van der Waals surface area contributed by atoms with Crippen LogP contribution in [0.15, 0.2) is 29.2 Å². The Bertz CT molecular complexity index is 989. The number of pyridine rings is 1. The second-order valence-electron chi connectivity index (χ2n) is 7.40. The number of hydrogen-bond donors (Lipinski definition) is 1. The number of aldehydes is 1. The van der Waals surface area contributed by atoms with Crippen LogP contribution in [0.2, 0.25) is 0 Å². The number of phenols is 1. The van der Waals surface area contributed by atoms with E-state index in [1.54, 1.807) is 25.3 Å². The normalized spacial score (nSPS) is 18.0. The Kier molecular flexibility index (Phi) is 4.68. The zero-order valence-corrected chi connectivity index (χ0v) is 15.9. The van der Waals surface area contributed by atoms with Crippen molar-refractivity contribution in [3.05, 3.63) is 51.3 Å². The molecule has 1 aromatic heterocycles. The molecule has 0 spiro atoms. The van der Waals surface area contributed by atoms with Gasteiger partial charge < -0.3 is 14.4 Å². The first-order chi connectivity index (χ1) is 12.7. The first-order valence-corrected chi connectivity index (χ1v) is 8.98. The number of hydrogen-bond acceptors (Lipinski definition) is 5. The highest BCUT2D eigenvalue weighted by Gasteiger charge is 2.38. The molecule has 1 unspecified atom stereocenters. The third kappa shape index (κ3) is 2.95. The van der Waals surface area contributed by atoms with Crippen molar-refractivity contribution in [3.63, 3.8) is 0 Å². The third-order valence-electron chi connectivity index (χ3n) is 5.54. The van der Waals surface area contributed by atoms with Gasteiger partial charge in [-0.25, -0.2) is 4.79 Å². The van der Waals surface area contributed by atoms with E-state index in [9.17, 15) is 19.5 Å². The number of carbonyl (C=O) groups excluding carboxylic acids is 2. The van der Waals surface area contributed by atoms with Crippen molar-refractivity contribution in [2.75, 3.05) is 6.61 Å². The van der Waals surface area contributed by atoms with Crippen molar-refractivity contribution in [3.8, 4) is 17.0 Å². The number of rotatable bonds is 4. The van der Waals surface area contributed by atoms with E-state index in [2.05, 4.69) is 13.8 Å². The number of ether oxygens (including phenoxy) is 1. The van der Waals surface area contributed by atoms with Crippen molar-refractivity contribution in [1.29, 1.82) is 0 Å². The van der Waals surface area contributed by atoms with Gasteiger partial charge in [-0.1, -0.05) is 13.8 Å². The molecule has 0 saturated carbocycles. The van der Waals surface area contributed by atoms with E-state index in [4.69, 9.17) is 4.74 Å². The number of phenolic OH excluding ortho intramolecular Hbond substituents is 1. The summed E-state index contributed by atoms with van der Waals surface area (Å²) in [7, 11) is 0. The highest BCUT2D eigenvalue weighted by atomic mass is 16.5. The molecule has 0 bridgehead atoms. The van der Waals surface area contributed by atoms with Gasteiger partial charge in [-0.2, -0.15) is 0 Å². The Labute approximate surface area is 157 Å². The van der Waals surface area contributed by atoms with Crippen molar-refractivity contribution < 1.29 is 19.4 Å². The lowest BCUT2D eigenvalue weighted by Gasteiger charge is -2.43. The number of aromatic hydroxyl groups is 1. The van der Waals surface area contributed by atoms with Crippen LogP contribution in [0.1, 0.15) is 54.0 Å². The van der Waals surface area contributed by atoms with E-state index >= 15 is 0 Å². The summed E-state index contributed by atoms with van der Waals surface area (Å²) < 4.78 is 6.95. The number of carbonyl (C=O) groups is 2. The van der Waals surface area contributed by atoms with E-state index < -0.39 is 16.9 Å². The molecule has 6 heteroatoms. The van der Waals surface area contributed by atoms with Gasteiger partial charge in [0, 0.05) is 23.4 Å². The molecule has 6 nitrogen and oxygen atoms in total. The Morgan fingerprint density at radius 1 is 1.37 bits per heavy atom. The lowest BCUT2D eigenvalue weighted by Crippen LogP contribution is -2.42. The number of nitrogens with zero attached hydrogens (tertiary/aromatic N) is 1. The van der Waals surface area contributed by atoms with Gasteiger partial charge >= 0.3 is 5.97 Å². The predicted molar refractivity (Wildman–Crippen MR) is 101 cm³/mol. The van der Waals surface area contributed by atoms with Gasteiger partial charge in [0.25, 0.3) is 0 Å². The van der Waals surface area contributed by atoms with Crippen LogP contribution in [-0.2, 0) is 16.7 Å². The van der Waals surface area contributed by atoms with Gasteiger partial charge in [0.05, 0.1) is 17.9 Å². The smallest absolute Gasteiger partial charge is 0.343 e. The average Bonchev–Trinajstić information content (AvgIpc) is 2.61. The van der Waals surface area contributed by atoms with E-state index in [-0.39, 0.29) is 29.4 Å². The number of benzene rings is 1. The first kappa shape index (κ1) is 18.9. The first-order valence-electron chi connectivity index (χ1n) is 8.98. The molecule has 142 valence electrons. The Balaban J connectivity index is 2.33. The Morgan fingerprint density at radius 3 is 2.67 bits per heavy atom. The molecule has 2 aromatic rings. The fraction of sp³-hybridized carbons (Fsp3) is 0.381. The minimum absolute atomic E-state index is 0.00897. The maximum absolute atomic E-state index is 12.6. The predicted octanol–water partition coefficient (Wildman–Crippen LogP) is 3.14. The molecule has 0 amide bonds. The van der Waals surface area contributed by atoms with E-state index in [1.165, 1.54) is 6.07 Å². The van der Waals surface area contributed by atoms with Gasteiger partial charge in [-0.05, 0) is 43.9 Å². The lowest BCUT2D eigenvalue weighted by molar-refractivity contribution is 0.0522. The number of esters is 1. The zero-order chi connectivity index (χ0) is 19.9. The van der Waals surface area contributed by atoms with Crippen LogP contribution in [0, 0.1) is 5.92 Å². The molecule has 0 fully saturated rings. The monoisotopic (exact) mass is 369 g/mol. The summed E-state index contributed by atoms with van der Waals surface area (Å²) in [4.78, 5) is 36.0. The second kappa shape index (κ2) is 6.68. The highest BCUT2D eigenvalue weighted by molar-refractivity contribution is 5.90. The number of aromatic nitrogens is 1. The molecule has 1 aliphatic rings. The molecule has 2 heterocycles. The summed E-state index contributed by atoms with van der Waals surface area (Å²) in [5.41, 5.74) is 1.48. The van der Waals surface area contributed by atoms with Gasteiger partial charge in [0.1, 0.15) is 11.3 Å². The minimum Gasteiger partial charge on any atom is -0.507 e. The van der Waals surface area contributed by atoms with Crippen LogP contribution in [0.3, 0.4) is 0 Å². The molecule has 3 rings (SSSR count). The largest absolute Gasteiger partial charge is 0.507 e. The molecular formula is C21H23NO5. The van der Waals surface area contributed by atoms with Crippen LogP contribution < -0.4 is 5.43 Å². The van der Waals surface area contributed by atoms with Crippen molar-refractivity contribution in [2.45, 2.75) is 39.7 Å². The molecule has 1 aliphatic heterocycles. The highest BCUT2D eigenvalue weighted by Crippen LogP contribution is 2.43. The summed E-state index contributed by atoms with van der Waals surface area (Å²) in [5.74, 6) is -0.544. The fourth-order valence-electron chi connectivity index (χ4n) is 3.61.